The number of carbonyl (C=O) groups excluding carboxylic acids is 2. The molecule has 3 rings (SSSR count). The molecular formula is C18H18N2O3. The maximum Gasteiger partial charge on any atom is 0.316 e. The van der Waals surface area contributed by atoms with E-state index in [9.17, 15) is 9.59 Å². The molecule has 1 heterocycles. The molecule has 118 valence electrons. The Bertz CT molecular complexity index is 725. The lowest BCUT2D eigenvalue weighted by Crippen LogP contribution is -2.38. The van der Waals surface area contributed by atoms with Crippen molar-refractivity contribution in [2.75, 3.05) is 23.4 Å². The molecule has 0 aliphatic carbocycles. The van der Waals surface area contributed by atoms with E-state index in [1.165, 1.54) is 4.90 Å². The van der Waals surface area contributed by atoms with Crippen molar-refractivity contribution in [2.24, 2.45) is 0 Å². The number of para-hydroxylation sites is 1. The molecule has 0 unspecified atom stereocenters. The summed E-state index contributed by atoms with van der Waals surface area (Å²) in [6.45, 7) is 3.02. The van der Waals surface area contributed by atoms with Crippen molar-refractivity contribution in [1.82, 2.24) is 0 Å². The highest BCUT2D eigenvalue weighted by molar-refractivity contribution is 6.44. The zero-order valence-electron chi connectivity index (χ0n) is 12.9. The van der Waals surface area contributed by atoms with Gasteiger partial charge in [-0.1, -0.05) is 18.2 Å². The van der Waals surface area contributed by atoms with Crippen molar-refractivity contribution in [3.8, 4) is 5.75 Å². The van der Waals surface area contributed by atoms with Crippen molar-refractivity contribution >= 4 is 23.2 Å². The molecule has 2 aromatic carbocycles. The fraction of sp³-hybridized carbons (Fsp3) is 0.222. The van der Waals surface area contributed by atoms with Crippen molar-refractivity contribution in [3.63, 3.8) is 0 Å². The molecule has 0 saturated carbocycles. The predicted molar refractivity (Wildman–Crippen MR) is 88.7 cm³/mol. The minimum Gasteiger partial charge on any atom is -0.494 e. The van der Waals surface area contributed by atoms with E-state index in [1.807, 2.05) is 31.2 Å². The van der Waals surface area contributed by atoms with Gasteiger partial charge in [0.05, 0.1) is 6.61 Å². The Labute approximate surface area is 134 Å². The van der Waals surface area contributed by atoms with Crippen molar-refractivity contribution < 1.29 is 14.3 Å². The Morgan fingerprint density at radius 3 is 2.61 bits per heavy atom. The third-order valence-corrected chi connectivity index (χ3v) is 3.75. The lowest BCUT2D eigenvalue weighted by molar-refractivity contribution is -0.134. The van der Waals surface area contributed by atoms with E-state index in [1.54, 1.807) is 24.3 Å². The highest BCUT2D eigenvalue weighted by Crippen LogP contribution is 2.27. The van der Waals surface area contributed by atoms with Crippen LogP contribution in [0.4, 0.5) is 11.4 Å². The largest absolute Gasteiger partial charge is 0.494 e. The smallest absolute Gasteiger partial charge is 0.316 e. The van der Waals surface area contributed by atoms with Gasteiger partial charge in [0.1, 0.15) is 5.75 Å². The summed E-state index contributed by atoms with van der Waals surface area (Å²) in [5, 5.41) is 2.63. The first-order valence-electron chi connectivity index (χ1n) is 7.62. The number of fused-ring (bicyclic) bond motifs is 1. The summed E-state index contributed by atoms with van der Waals surface area (Å²) in [7, 11) is 0. The average Bonchev–Trinajstić information content (AvgIpc) is 3.00. The first-order chi connectivity index (χ1) is 11.2. The molecule has 0 aromatic heterocycles. The molecule has 0 spiro atoms. The monoisotopic (exact) mass is 310 g/mol. The Morgan fingerprint density at radius 1 is 1.13 bits per heavy atom. The van der Waals surface area contributed by atoms with Crippen LogP contribution in [0.3, 0.4) is 0 Å². The molecule has 0 bridgehead atoms. The number of anilines is 2. The van der Waals surface area contributed by atoms with E-state index in [0.717, 1.165) is 23.4 Å². The van der Waals surface area contributed by atoms with E-state index >= 15 is 0 Å². The number of rotatable bonds is 3. The topological polar surface area (TPSA) is 58.6 Å². The van der Waals surface area contributed by atoms with E-state index < -0.39 is 11.8 Å². The molecule has 0 fully saturated rings. The van der Waals surface area contributed by atoms with E-state index in [0.29, 0.717) is 18.8 Å². The zero-order chi connectivity index (χ0) is 16.2. The van der Waals surface area contributed by atoms with Crippen LogP contribution >= 0.6 is 0 Å². The normalized spacial score (nSPS) is 12.7. The number of benzene rings is 2. The number of hydrogen-bond acceptors (Lipinski definition) is 3. The fourth-order valence-corrected chi connectivity index (χ4v) is 2.66. The maximum atomic E-state index is 12.4. The molecule has 5 heteroatoms. The van der Waals surface area contributed by atoms with Gasteiger partial charge < -0.3 is 15.0 Å². The molecular weight excluding hydrogens is 292 g/mol. The molecule has 0 saturated heterocycles. The van der Waals surface area contributed by atoms with Gasteiger partial charge in [-0.3, -0.25) is 9.59 Å². The van der Waals surface area contributed by atoms with E-state index in [-0.39, 0.29) is 0 Å². The number of amides is 2. The Kier molecular flexibility index (Phi) is 4.28. The summed E-state index contributed by atoms with van der Waals surface area (Å²) in [6.07, 6.45) is 0.776. The zero-order valence-corrected chi connectivity index (χ0v) is 12.9. The molecule has 5 nitrogen and oxygen atoms in total. The SMILES string of the molecule is CCOc1ccc(NC(=O)C(=O)N2CCc3ccccc32)cc1. The second-order valence-electron chi connectivity index (χ2n) is 5.25. The molecule has 1 aliphatic rings. The minimum absolute atomic E-state index is 0.537. The number of carbonyl (C=O) groups is 2. The highest BCUT2D eigenvalue weighted by atomic mass is 16.5. The third kappa shape index (κ3) is 3.18. The van der Waals surface area contributed by atoms with Crippen LogP contribution in [0.15, 0.2) is 48.5 Å². The summed E-state index contributed by atoms with van der Waals surface area (Å²) >= 11 is 0. The molecule has 1 N–H and O–H groups in total. The van der Waals surface area contributed by atoms with Gasteiger partial charge in [-0.05, 0) is 49.2 Å². The van der Waals surface area contributed by atoms with Gasteiger partial charge in [0.2, 0.25) is 0 Å². The van der Waals surface area contributed by atoms with Crippen LogP contribution in [0.25, 0.3) is 0 Å². The van der Waals surface area contributed by atoms with Gasteiger partial charge >= 0.3 is 11.8 Å². The van der Waals surface area contributed by atoms with Crippen LogP contribution in [0.1, 0.15) is 12.5 Å². The van der Waals surface area contributed by atoms with E-state index in [2.05, 4.69) is 5.32 Å². The number of nitrogens with zero attached hydrogens (tertiary/aromatic N) is 1. The van der Waals surface area contributed by atoms with Gasteiger partial charge in [0.25, 0.3) is 0 Å². The molecule has 0 atom stereocenters. The summed E-state index contributed by atoms with van der Waals surface area (Å²) in [5.41, 5.74) is 2.48. The van der Waals surface area contributed by atoms with Crippen molar-refractivity contribution in [2.45, 2.75) is 13.3 Å². The second-order valence-corrected chi connectivity index (χ2v) is 5.25. The molecule has 0 radical (unpaired) electrons. The fourth-order valence-electron chi connectivity index (χ4n) is 2.66. The van der Waals surface area contributed by atoms with E-state index in [4.69, 9.17) is 4.74 Å². The van der Waals surface area contributed by atoms with Gasteiger partial charge in [-0.25, -0.2) is 0 Å². The van der Waals surface area contributed by atoms with Gasteiger partial charge in [0, 0.05) is 17.9 Å². The summed E-state index contributed by atoms with van der Waals surface area (Å²) < 4.78 is 5.35. The van der Waals surface area contributed by atoms with Crippen LogP contribution in [-0.2, 0) is 16.0 Å². The maximum absolute atomic E-state index is 12.4. The quantitative estimate of drug-likeness (QED) is 0.887. The first-order valence-corrected chi connectivity index (χ1v) is 7.62. The summed E-state index contributed by atoms with van der Waals surface area (Å²) in [4.78, 5) is 26.1. The van der Waals surface area contributed by atoms with Crippen LogP contribution in [0, 0.1) is 0 Å². The van der Waals surface area contributed by atoms with Gasteiger partial charge in [-0.2, -0.15) is 0 Å². The predicted octanol–water partition coefficient (Wildman–Crippen LogP) is 2.61. The average molecular weight is 310 g/mol. The standard InChI is InChI=1S/C18H18N2O3/c1-2-23-15-9-7-14(8-10-15)19-17(21)18(22)20-12-11-13-5-3-4-6-16(13)20/h3-10H,2,11-12H2,1H3,(H,19,21). The van der Waals surface area contributed by atoms with Gasteiger partial charge in [-0.15, -0.1) is 0 Å². The second kappa shape index (κ2) is 6.52. The van der Waals surface area contributed by atoms with Crippen molar-refractivity contribution in [3.05, 3.63) is 54.1 Å². The molecule has 2 amide bonds. The van der Waals surface area contributed by atoms with Gasteiger partial charge in [0.15, 0.2) is 0 Å². The third-order valence-electron chi connectivity index (χ3n) is 3.75. The molecule has 1 aliphatic heterocycles. The molecule has 2 aromatic rings. The lowest BCUT2D eigenvalue weighted by Gasteiger charge is -2.16. The highest BCUT2D eigenvalue weighted by Gasteiger charge is 2.28. The Balaban J connectivity index is 1.68. The number of hydrogen-bond donors (Lipinski definition) is 1. The van der Waals surface area contributed by atoms with Crippen LogP contribution in [0.5, 0.6) is 5.75 Å². The number of nitrogens with one attached hydrogen (secondary N) is 1. The minimum atomic E-state index is -0.633. The van der Waals surface area contributed by atoms with Crippen molar-refractivity contribution in [1.29, 1.82) is 0 Å². The summed E-state index contributed by atoms with van der Waals surface area (Å²) in [6, 6.07) is 14.6. The Hall–Kier alpha value is -2.82. The van der Waals surface area contributed by atoms with Crippen LogP contribution < -0.4 is 15.0 Å². The van der Waals surface area contributed by atoms with Crippen LogP contribution in [0.2, 0.25) is 0 Å². The summed E-state index contributed by atoms with van der Waals surface area (Å²) in [5.74, 6) is -0.444. The first kappa shape index (κ1) is 15.1. The Morgan fingerprint density at radius 2 is 1.87 bits per heavy atom. The molecule has 23 heavy (non-hydrogen) atoms. The number of ether oxygens (including phenoxy) is 1. The lowest BCUT2D eigenvalue weighted by atomic mass is 10.2. The van der Waals surface area contributed by atoms with Crippen LogP contribution in [-0.4, -0.2) is 25.0 Å².